The van der Waals surface area contributed by atoms with Gasteiger partial charge in [-0.1, -0.05) is 19.4 Å². The van der Waals surface area contributed by atoms with Crippen LogP contribution in [0.1, 0.15) is 72.6 Å². The average Bonchev–Trinajstić information content (AvgIpc) is 3.01. The Balaban J connectivity index is 1.52. The first-order valence-corrected chi connectivity index (χ1v) is 10.7. The number of rotatable bonds is 0. The summed E-state index contributed by atoms with van der Waals surface area (Å²) in [7, 11) is 0. The third-order valence-electron chi connectivity index (χ3n) is 9.12. The van der Waals surface area contributed by atoms with Crippen LogP contribution in [-0.2, 0) is 14.3 Å². The maximum atomic E-state index is 12.0. The first-order chi connectivity index (χ1) is 12.7. The maximum absolute atomic E-state index is 12.0. The summed E-state index contributed by atoms with van der Waals surface area (Å²) in [6.45, 7) is 8.56. The second-order valence-electron chi connectivity index (χ2n) is 10.6. The Morgan fingerprint density at radius 2 is 1.89 bits per heavy atom. The molecule has 1 saturated heterocycles. The molecule has 146 valence electrons. The van der Waals surface area contributed by atoms with Crippen molar-refractivity contribution in [3.05, 3.63) is 11.6 Å². The van der Waals surface area contributed by atoms with Crippen LogP contribution in [0.3, 0.4) is 0 Å². The third kappa shape index (κ3) is 2.08. The second-order valence-corrected chi connectivity index (χ2v) is 10.6. The van der Waals surface area contributed by atoms with E-state index >= 15 is 0 Å². The number of hydrogen-bond donors (Lipinski definition) is 0. The largest absolute Gasteiger partial charge is 0.343 e. The van der Waals surface area contributed by atoms with Crippen molar-refractivity contribution in [1.29, 1.82) is 5.26 Å². The predicted molar refractivity (Wildman–Crippen MR) is 100 cm³/mol. The van der Waals surface area contributed by atoms with Gasteiger partial charge in [0.1, 0.15) is 12.2 Å². The summed E-state index contributed by atoms with van der Waals surface area (Å²) >= 11 is 0. The van der Waals surface area contributed by atoms with Gasteiger partial charge in [-0.05, 0) is 81.6 Å². The number of nitrogens with zero attached hydrogens (tertiary/aromatic N) is 1. The zero-order valence-corrected chi connectivity index (χ0v) is 17.0. The highest BCUT2D eigenvalue weighted by molar-refractivity contribution is 5.91. The molecule has 4 heteroatoms. The van der Waals surface area contributed by atoms with Gasteiger partial charge in [0.2, 0.25) is 0 Å². The van der Waals surface area contributed by atoms with Gasteiger partial charge >= 0.3 is 0 Å². The van der Waals surface area contributed by atoms with Gasteiger partial charge in [0, 0.05) is 11.8 Å². The van der Waals surface area contributed by atoms with Crippen LogP contribution in [0, 0.1) is 39.9 Å². The van der Waals surface area contributed by atoms with Gasteiger partial charge in [0.05, 0.1) is 0 Å². The van der Waals surface area contributed by atoms with E-state index in [0.717, 1.165) is 38.5 Å². The van der Waals surface area contributed by atoms with Gasteiger partial charge in [-0.15, -0.1) is 0 Å². The molecule has 4 nitrogen and oxygen atoms in total. The van der Waals surface area contributed by atoms with Crippen molar-refractivity contribution >= 4 is 5.78 Å². The first-order valence-electron chi connectivity index (χ1n) is 10.7. The Morgan fingerprint density at radius 1 is 1.11 bits per heavy atom. The lowest BCUT2D eigenvalue weighted by Gasteiger charge is -2.58. The minimum absolute atomic E-state index is 0.121. The molecule has 1 aliphatic heterocycles. The molecule has 4 fully saturated rings. The molecule has 0 spiro atoms. The number of ketones is 1. The average molecular weight is 370 g/mol. The summed E-state index contributed by atoms with van der Waals surface area (Å²) in [5, 5.41) is 10.2. The molecule has 1 heterocycles. The van der Waals surface area contributed by atoms with E-state index in [-0.39, 0.29) is 16.9 Å². The Bertz CT molecular complexity index is 779. The highest BCUT2D eigenvalue weighted by Gasteiger charge is 2.73. The third-order valence-corrected chi connectivity index (χ3v) is 9.12. The van der Waals surface area contributed by atoms with E-state index in [1.54, 1.807) is 0 Å². The molecular weight excluding hydrogens is 338 g/mol. The predicted octanol–water partition coefficient (Wildman–Crippen LogP) is 4.54. The van der Waals surface area contributed by atoms with Crippen LogP contribution in [0.4, 0.5) is 0 Å². The number of carbonyl (C=O) groups is 1. The molecule has 0 radical (unpaired) electrons. The van der Waals surface area contributed by atoms with Gasteiger partial charge in [-0.3, -0.25) is 4.79 Å². The summed E-state index contributed by atoms with van der Waals surface area (Å²) in [5.74, 6) is 1.32. The molecule has 0 unspecified atom stereocenters. The van der Waals surface area contributed by atoms with Crippen LogP contribution >= 0.6 is 0 Å². The number of hydrogen-bond acceptors (Lipinski definition) is 4. The van der Waals surface area contributed by atoms with Crippen molar-refractivity contribution in [1.82, 2.24) is 0 Å². The van der Waals surface area contributed by atoms with Gasteiger partial charge < -0.3 is 9.47 Å². The minimum Gasteiger partial charge on any atom is -0.343 e. The fourth-order valence-corrected chi connectivity index (χ4v) is 7.83. The SMILES string of the molecule is CC1(C)O[C@@H]2C[C@@H]3[C@@H]4CCC5=CC(=O)CC[C@]5(C)[C@@H]4CC[C@]3(C)[C@]2(C#N)O1. The number of allylic oxidation sites excluding steroid dienone is 1. The molecule has 3 saturated carbocycles. The Hall–Kier alpha value is -1.18. The summed E-state index contributed by atoms with van der Waals surface area (Å²) in [6, 6.07) is 2.60. The van der Waals surface area contributed by atoms with E-state index in [1.807, 2.05) is 19.9 Å². The van der Waals surface area contributed by atoms with Crippen LogP contribution in [0.5, 0.6) is 0 Å². The Morgan fingerprint density at radius 3 is 2.63 bits per heavy atom. The van der Waals surface area contributed by atoms with Gasteiger partial charge in [-0.2, -0.15) is 5.26 Å². The van der Waals surface area contributed by atoms with Crippen LogP contribution < -0.4 is 0 Å². The van der Waals surface area contributed by atoms with Crippen LogP contribution in [0.25, 0.3) is 0 Å². The lowest BCUT2D eigenvalue weighted by Crippen LogP contribution is -2.56. The van der Waals surface area contributed by atoms with E-state index in [1.165, 1.54) is 5.57 Å². The normalized spacial score (nSPS) is 52.9. The number of carbonyl (C=O) groups excluding carboxylic acids is 1. The molecule has 0 N–H and O–H groups in total. The van der Waals surface area contributed by atoms with E-state index in [9.17, 15) is 10.1 Å². The summed E-state index contributed by atoms with van der Waals surface area (Å²) in [4.78, 5) is 12.0. The summed E-state index contributed by atoms with van der Waals surface area (Å²) in [5.41, 5.74) is 0.594. The fraction of sp³-hybridized carbons (Fsp3) is 0.826. The molecule has 27 heavy (non-hydrogen) atoms. The van der Waals surface area contributed by atoms with Crippen molar-refractivity contribution < 1.29 is 14.3 Å². The molecule has 0 aromatic rings. The van der Waals surface area contributed by atoms with Gasteiger partial charge in [0.15, 0.2) is 17.2 Å². The Labute approximate surface area is 162 Å². The zero-order valence-electron chi connectivity index (χ0n) is 17.0. The maximum Gasteiger partial charge on any atom is 0.189 e. The van der Waals surface area contributed by atoms with Crippen LogP contribution in [0.2, 0.25) is 0 Å². The molecule has 4 aliphatic carbocycles. The highest BCUT2D eigenvalue weighted by Crippen LogP contribution is 2.70. The lowest BCUT2D eigenvalue weighted by atomic mass is 9.46. The van der Waals surface area contributed by atoms with E-state index < -0.39 is 11.4 Å². The van der Waals surface area contributed by atoms with Crippen LogP contribution in [0.15, 0.2) is 11.6 Å². The number of fused-ring (bicyclic) bond motifs is 7. The van der Waals surface area contributed by atoms with E-state index in [0.29, 0.717) is 30.0 Å². The lowest BCUT2D eigenvalue weighted by molar-refractivity contribution is -0.200. The molecule has 0 amide bonds. The smallest absolute Gasteiger partial charge is 0.189 e. The zero-order chi connectivity index (χ0) is 19.2. The monoisotopic (exact) mass is 369 g/mol. The number of ether oxygens (including phenoxy) is 2. The van der Waals surface area contributed by atoms with Crippen molar-refractivity contribution in [3.63, 3.8) is 0 Å². The molecule has 5 aliphatic rings. The quantitative estimate of drug-likeness (QED) is 0.629. The number of nitriles is 1. The van der Waals surface area contributed by atoms with Crippen molar-refractivity contribution in [3.8, 4) is 6.07 Å². The van der Waals surface area contributed by atoms with Crippen molar-refractivity contribution in [2.75, 3.05) is 0 Å². The highest BCUT2D eigenvalue weighted by atomic mass is 16.8. The molecular formula is C23H31NO3. The molecule has 5 rings (SSSR count). The van der Waals surface area contributed by atoms with Crippen molar-refractivity contribution in [2.45, 2.75) is 90.1 Å². The van der Waals surface area contributed by atoms with Gasteiger partial charge in [0.25, 0.3) is 0 Å². The Kier molecular flexibility index (Phi) is 3.47. The standard InChI is InChI=1S/C23H31NO3/c1-20(2)26-19-12-18-16-6-5-14-11-15(25)7-9-21(14,3)17(16)8-10-22(18,4)23(19,13-24)27-20/h11,16-19H,5-10,12H2,1-4H3/t16-,17-,18-,19-,21+,22+,23-/m1/s1. The van der Waals surface area contributed by atoms with E-state index in [4.69, 9.17) is 9.47 Å². The molecule has 0 aromatic carbocycles. The molecule has 0 aromatic heterocycles. The van der Waals surface area contributed by atoms with Crippen LogP contribution in [-0.4, -0.2) is 23.3 Å². The first kappa shape index (κ1) is 17.9. The second kappa shape index (κ2) is 5.24. The minimum atomic E-state index is -0.814. The van der Waals surface area contributed by atoms with Gasteiger partial charge in [-0.25, -0.2) is 0 Å². The summed E-state index contributed by atoms with van der Waals surface area (Å²) in [6.07, 6.45) is 8.77. The summed E-state index contributed by atoms with van der Waals surface area (Å²) < 4.78 is 12.6. The fourth-order valence-electron chi connectivity index (χ4n) is 7.83. The van der Waals surface area contributed by atoms with E-state index in [2.05, 4.69) is 19.9 Å². The molecule has 0 bridgehead atoms. The van der Waals surface area contributed by atoms with Crippen molar-refractivity contribution in [2.24, 2.45) is 28.6 Å². The molecule has 7 atom stereocenters. The topological polar surface area (TPSA) is 59.3 Å².